The molecule has 14 aromatic carbocycles. The average Bonchev–Trinajstić information content (AvgIpc) is 1.59. The number of benzene rings is 14. The van der Waals surface area contributed by atoms with E-state index in [0.29, 0.717) is 52.5 Å². The first-order valence-electron chi connectivity index (χ1n) is 34.5. The number of halogens is 1. The van der Waals surface area contributed by atoms with Crippen LogP contribution in [0.15, 0.2) is 340 Å². The standard InChI is InChI=1S/C44H32N2O.C25H24BNO2.C25H20ClNO/c1-46-41-14-8-13-39(27-41)36-23-19-34(20-24-36)35-21-25-37(26-22-35)40-28-42(38-11-6-3-7-12-38)44(45)43(29-40)47-30-31-15-17-33(18-16-31)32-9-4-2-5-10-32;1-24(2)25(3,4)29-26(28-24)22-15-13-19(14-16-22)18-9-11-20(12-10-18)21-7-6-8-23(17-21)27-5;26-22-15-23(21-9-5-2-6-10-21)25(27)24(16-22)28-17-18-11-13-20(14-12-18)19-7-3-1-4-8-19/h2-29H,30,45H2;6-17H,1-4H3;1-16H,17,27H2. The SMILES string of the molecule is Nc1c(OCc2ccc(-c3ccccc3)cc2)cc(Cl)cc1-c1ccccc1.[C-]#[N+]c1cccc(-c2ccc(-c3ccc(-c4cc(OCc5ccc(-c6ccccc6)cc5)c(N)c(-c5ccccc5)c4)cc3)cc2)c1.[C-]#[N+]c1cccc(-c2ccc(-c3ccc(B4OC(C)(C)C(C)(C)O4)cc3)cc2)c1. The van der Waals surface area contributed by atoms with Crippen molar-refractivity contribution < 1.29 is 18.8 Å². The molecule has 0 aromatic heterocycles. The van der Waals surface area contributed by atoms with E-state index >= 15 is 0 Å². The Bertz CT molecular complexity index is 5300. The number of nitrogens with two attached hydrogens (primary N) is 2. The maximum atomic E-state index is 7.31. The second-order valence-corrected chi connectivity index (χ2v) is 26.9. The van der Waals surface area contributed by atoms with E-state index < -0.39 is 0 Å². The summed E-state index contributed by atoms with van der Waals surface area (Å²) in [6.45, 7) is 23.6. The van der Waals surface area contributed by atoms with E-state index in [1.165, 1.54) is 22.3 Å². The molecule has 1 saturated heterocycles. The lowest BCUT2D eigenvalue weighted by Crippen LogP contribution is -2.41. The minimum absolute atomic E-state index is 0.337. The first kappa shape index (κ1) is 70.0. The van der Waals surface area contributed by atoms with Crippen molar-refractivity contribution in [2.45, 2.75) is 52.1 Å². The zero-order chi connectivity index (χ0) is 72.0. The van der Waals surface area contributed by atoms with Crippen LogP contribution in [-0.4, -0.2) is 18.3 Å². The first-order valence-corrected chi connectivity index (χ1v) is 34.9. The van der Waals surface area contributed by atoms with Crippen LogP contribution in [0.5, 0.6) is 11.5 Å². The molecule has 0 amide bonds. The van der Waals surface area contributed by atoms with Crippen LogP contribution in [0.4, 0.5) is 22.7 Å². The van der Waals surface area contributed by atoms with Gasteiger partial charge in [-0.3, -0.25) is 0 Å². The molecule has 14 aromatic rings. The van der Waals surface area contributed by atoms with Crippen LogP contribution >= 0.6 is 11.6 Å². The predicted molar refractivity (Wildman–Crippen MR) is 432 cm³/mol. The lowest BCUT2D eigenvalue weighted by Gasteiger charge is -2.32. The highest BCUT2D eigenvalue weighted by molar-refractivity contribution is 6.62. The van der Waals surface area contributed by atoms with Gasteiger partial charge in [-0.1, -0.05) is 315 Å². The number of rotatable bonds is 16. The summed E-state index contributed by atoms with van der Waals surface area (Å²) < 4.78 is 24.7. The van der Waals surface area contributed by atoms with Crippen LogP contribution < -0.4 is 26.4 Å². The van der Waals surface area contributed by atoms with Crippen molar-refractivity contribution in [3.63, 3.8) is 0 Å². The fraction of sp³-hybridized carbons (Fsp3) is 0.0851. The molecule has 1 fully saturated rings. The molecule has 15 rings (SSSR count). The van der Waals surface area contributed by atoms with Gasteiger partial charge < -0.3 is 30.2 Å². The van der Waals surface area contributed by atoms with Crippen molar-refractivity contribution in [1.82, 2.24) is 0 Å². The van der Waals surface area contributed by atoms with Crippen molar-refractivity contribution in [2.75, 3.05) is 11.5 Å². The third-order valence-corrected chi connectivity index (χ3v) is 19.3. The van der Waals surface area contributed by atoms with Gasteiger partial charge in [0.15, 0.2) is 11.4 Å². The van der Waals surface area contributed by atoms with E-state index in [4.69, 9.17) is 55.0 Å². The molecule has 0 aliphatic carbocycles. The highest BCUT2D eigenvalue weighted by Gasteiger charge is 2.51. The van der Waals surface area contributed by atoms with E-state index in [1.807, 2.05) is 133 Å². The summed E-state index contributed by atoms with van der Waals surface area (Å²) in [6, 6.07) is 115. The number of nitrogens with zero attached hydrogens (tertiary/aromatic N) is 2. The molecule has 506 valence electrons. The average molecular weight is 1370 g/mol. The molecule has 0 unspecified atom stereocenters. The molecule has 1 aliphatic heterocycles. The summed E-state index contributed by atoms with van der Waals surface area (Å²) in [5.41, 5.74) is 37.7. The van der Waals surface area contributed by atoms with E-state index in [0.717, 1.165) is 94.5 Å². The highest BCUT2D eigenvalue weighted by atomic mass is 35.5. The summed E-state index contributed by atoms with van der Waals surface area (Å²) in [5.74, 6) is 1.26. The van der Waals surface area contributed by atoms with Gasteiger partial charge in [0.25, 0.3) is 0 Å². The third-order valence-electron chi connectivity index (χ3n) is 19.0. The normalized spacial score (nSPS) is 12.5. The van der Waals surface area contributed by atoms with Crippen molar-refractivity contribution in [2.24, 2.45) is 0 Å². The van der Waals surface area contributed by atoms with Gasteiger partial charge in [0.2, 0.25) is 0 Å². The van der Waals surface area contributed by atoms with Crippen molar-refractivity contribution in [3.05, 3.63) is 379 Å². The first-order chi connectivity index (χ1) is 50.6. The zero-order valence-electron chi connectivity index (χ0n) is 58.4. The number of hydrogen-bond acceptors (Lipinski definition) is 6. The molecule has 0 atom stereocenters. The van der Waals surface area contributed by atoms with Gasteiger partial charge in [0.1, 0.15) is 24.7 Å². The molecule has 104 heavy (non-hydrogen) atoms. The molecular formula is C94H76BClN4O4. The molecule has 10 heteroatoms. The van der Waals surface area contributed by atoms with E-state index in [-0.39, 0.29) is 18.3 Å². The van der Waals surface area contributed by atoms with Gasteiger partial charge in [-0.05, 0) is 164 Å². The maximum Gasteiger partial charge on any atom is 0.494 e. The predicted octanol–water partition coefficient (Wildman–Crippen LogP) is 24.4. The summed E-state index contributed by atoms with van der Waals surface area (Å²) in [7, 11) is -0.342. The van der Waals surface area contributed by atoms with Crippen LogP contribution in [0.1, 0.15) is 38.8 Å². The van der Waals surface area contributed by atoms with Crippen molar-refractivity contribution in [3.8, 4) is 112 Å². The van der Waals surface area contributed by atoms with Gasteiger partial charge in [-0.25, -0.2) is 9.69 Å². The second kappa shape index (κ2) is 32.0. The number of nitrogen functional groups attached to an aromatic ring is 2. The third kappa shape index (κ3) is 16.8. The monoisotopic (exact) mass is 1370 g/mol. The van der Waals surface area contributed by atoms with Gasteiger partial charge >= 0.3 is 7.12 Å². The summed E-state index contributed by atoms with van der Waals surface area (Å²) >= 11 is 6.31. The minimum Gasteiger partial charge on any atom is -0.487 e. The molecule has 0 bridgehead atoms. The highest BCUT2D eigenvalue weighted by Crippen LogP contribution is 2.42. The van der Waals surface area contributed by atoms with Crippen LogP contribution in [-0.2, 0) is 22.5 Å². The maximum absolute atomic E-state index is 7.31. The zero-order valence-corrected chi connectivity index (χ0v) is 59.1. The molecule has 4 N–H and O–H groups in total. The Morgan fingerprint density at radius 3 is 0.971 bits per heavy atom. The Kier molecular flexibility index (Phi) is 21.6. The van der Waals surface area contributed by atoms with Gasteiger partial charge in [0, 0.05) is 22.2 Å². The molecule has 0 spiro atoms. The Balaban J connectivity index is 0.000000146. The minimum atomic E-state index is -0.342. The molecule has 0 saturated carbocycles. The lowest BCUT2D eigenvalue weighted by molar-refractivity contribution is 0.00578. The topological polar surface area (TPSA) is 97.7 Å². The Labute approximate surface area is 615 Å². The smallest absolute Gasteiger partial charge is 0.487 e. The molecule has 1 aliphatic rings. The summed E-state index contributed by atoms with van der Waals surface area (Å²) in [4.78, 5) is 7.07. The van der Waals surface area contributed by atoms with E-state index in [9.17, 15) is 0 Å². The van der Waals surface area contributed by atoms with Crippen LogP contribution in [0.25, 0.3) is 110 Å². The fourth-order valence-electron chi connectivity index (χ4n) is 12.4. The van der Waals surface area contributed by atoms with Crippen LogP contribution in [0.3, 0.4) is 0 Å². The van der Waals surface area contributed by atoms with E-state index in [2.05, 4.69) is 238 Å². The van der Waals surface area contributed by atoms with Crippen LogP contribution in [0.2, 0.25) is 5.02 Å². The molecule has 1 heterocycles. The van der Waals surface area contributed by atoms with Crippen molar-refractivity contribution in [1.29, 1.82) is 0 Å². The Morgan fingerprint density at radius 1 is 0.317 bits per heavy atom. The summed E-state index contributed by atoms with van der Waals surface area (Å²) in [5, 5.41) is 0.600. The fourth-order valence-corrected chi connectivity index (χ4v) is 12.6. The number of ether oxygens (including phenoxy) is 2. The number of hydrogen-bond donors (Lipinski definition) is 2. The van der Waals surface area contributed by atoms with E-state index in [1.54, 1.807) is 6.07 Å². The van der Waals surface area contributed by atoms with Gasteiger partial charge in [-0.15, -0.1) is 0 Å². The summed E-state index contributed by atoms with van der Waals surface area (Å²) in [6.07, 6.45) is 0. The Morgan fingerprint density at radius 2 is 0.606 bits per heavy atom. The van der Waals surface area contributed by atoms with Gasteiger partial charge in [0.05, 0.1) is 35.7 Å². The second-order valence-electron chi connectivity index (χ2n) is 26.5. The lowest BCUT2D eigenvalue weighted by atomic mass is 9.78. The molecule has 8 nitrogen and oxygen atoms in total. The Hall–Kier alpha value is -12.5. The van der Waals surface area contributed by atoms with Gasteiger partial charge in [-0.2, -0.15) is 0 Å². The largest absolute Gasteiger partial charge is 0.494 e. The van der Waals surface area contributed by atoms with Crippen LogP contribution in [0, 0.1) is 13.1 Å². The molecular weight excluding hydrogens is 1300 g/mol. The number of anilines is 2. The quantitative estimate of drug-likeness (QED) is 0.0568. The van der Waals surface area contributed by atoms with Crippen molar-refractivity contribution >= 4 is 46.9 Å². The molecule has 0 radical (unpaired) electrons.